The average molecular weight is 355 g/mol. The number of carbonyl (C=O) groups is 1. The molecule has 1 atom stereocenters. The van der Waals surface area contributed by atoms with Crippen LogP contribution in [0.3, 0.4) is 0 Å². The third-order valence-corrected chi connectivity index (χ3v) is 4.22. The smallest absolute Gasteiger partial charge is 0.193 e. The normalized spacial score (nSPS) is 11.8. The summed E-state index contributed by atoms with van der Waals surface area (Å²) in [6, 6.07) is 19.9. The molecule has 0 saturated carbocycles. The average Bonchev–Trinajstić information content (AvgIpc) is 2.63. The first-order valence-electron chi connectivity index (χ1n) is 7.86. The lowest BCUT2D eigenvalue weighted by Crippen LogP contribution is -2.05. The SMILES string of the molecule is C[C@@H](Oc1ccc(C(=O)c2ccc(F)cc2)cc1)c1ccccc1Cl. The van der Waals surface area contributed by atoms with Gasteiger partial charge in [-0.25, -0.2) is 4.39 Å². The van der Waals surface area contributed by atoms with Crippen LogP contribution in [0.2, 0.25) is 5.02 Å². The molecule has 0 saturated heterocycles. The van der Waals surface area contributed by atoms with Crippen molar-refractivity contribution < 1.29 is 13.9 Å². The minimum atomic E-state index is -0.367. The van der Waals surface area contributed by atoms with Crippen LogP contribution in [0.5, 0.6) is 5.75 Å². The predicted molar refractivity (Wildman–Crippen MR) is 96.8 cm³/mol. The van der Waals surface area contributed by atoms with Crippen molar-refractivity contribution in [1.82, 2.24) is 0 Å². The van der Waals surface area contributed by atoms with Gasteiger partial charge in [-0.15, -0.1) is 0 Å². The standard InChI is InChI=1S/C21H16ClFO2/c1-14(19-4-2-3-5-20(19)22)25-18-12-8-16(9-13-18)21(24)15-6-10-17(23)11-7-15/h2-14H,1H3/t14-/m1/s1. The fourth-order valence-electron chi connectivity index (χ4n) is 2.53. The Morgan fingerprint density at radius 2 is 1.48 bits per heavy atom. The second kappa shape index (κ2) is 7.49. The van der Waals surface area contributed by atoms with Gasteiger partial charge in [-0.1, -0.05) is 29.8 Å². The first kappa shape index (κ1) is 17.2. The van der Waals surface area contributed by atoms with Crippen LogP contribution in [0.4, 0.5) is 4.39 Å². The lowest BCUT2D eigenvalue weighted by molar-refractivity contribution is 0.103. The fraction of sp³-hybridized carbons (Fsp3) is 0.0952. The molecule has 0 spiro atoms. The van der Waals surface area contributed by atoms with E-state index in [0.717, 1.165) is 5.56 Å². The highest BCUT2D eigenvalue weighted by Gasteiger charge is 2.12. The van der Waals surface area contributed by atoms with Crippen LogP contribution in [-0.4, -0.2) is 5.78 Å². The van der Waals surface area contributed by atoms with Crippen LogP contribution in [-0.2, 0) is 0 Å². The highest BCUT2D eigenvalue weighted by Crippen LogP contribution is 2.27. The van der Waals surface area contributed by atoms with Gasteiger partial charge in [-0.3, -0.25) is 4.79 Å². The van der Waals surface area contributed by atoms with Crippen LogP contribution in [0.25, 0.3) is 0 Å². The van der Waals surface area contributed by atoms with Gasteiger partial charge in [0.25, 0.3) is 0 Å². The van der Waals surface area contributed by atoms with Crippen molar-refractivity contribution >= 4 is 17.4 Å². The number of ether oxygens (including phenoxy) is 1. The van der Waals surface area contributed by atoms with Crippen molar-refractivity contribution in [1.29, 1.82) is 0 Å². The molecule has 0 aromatic heterocycles. The summed E-state index contributed by atoms with van der Waals surface area (Å²) in [4.78, 5) is 12.4. The van der Waals surface area contributed by atoms with Gasteiger partial charge in [0.15, 0.2) is 5.78 Å². The Morgan fingerprint density at radius 3 is 2.08 bits per heavy atom. The Kier molecular flexibility index (Phi) is 5.15. The molecule has 3 aromatic rings. The molecule has 0 bridgehead atoms. The minimum Gasteiger partial charge on any atom is -0.486 e. The number of ketones is 1. The molecule has 126 valence electrons. The number of carbonyl (C=O) groups excluding carboxylic acids is 1. The summed E-state index contributed by atoms with van der Waals surface area (Å²) in [6.07, 6.45) is -0.215. The predicted octanol–water partition coefficient (Wildman–Crippen LogP) is 5.85. The molecule has 0 aliphatic heterocycles. The molecule has 0 aliphatic rings. The van der Waals surface area contributed by atoms with Crippen LogP contribution in [0.15, 0.2) is 72.8 Å². The molecule has 0 heterocycles. The Morgan fingerprint density at radius 1 is 0.920 bits per heavy atom. The van der Waals surface area contributed by atoms with Crippen molar-refractivity contribution in [2.24, 2.45) is 0 Å². The first-order valence-corrected chi connectivity index (χ1v) is 8.24. The lowest BCUT2D eigenvalue weighted by atomic mass is 10.0. The summed E-state index contributed by atoms with van der Waals surface area (Å²) in [6.45, 7) is 1.92. The van der Waals surface area contributed by atoms with Gasteiger partial charge in [0.1, 0.15) is 17.7 Å². The maximum absolute atomic E-state index is 13.0. The molecule has 0 radical (unpaired) electrons. The maximum atomic E-state index is 13.0. The monoisotopic (exact) mass is 354 g/mol. The number of rotatable bonds is 5. The van der Waals surface area contributed by atoms with Gasteiger partial charge < -0.3 is 4.74 Å². The van der Waals surface area contributed by atoms with Crippen molar-refractivity contribution in [2.45, 2.75) is 13.0 Å². The molecular formula is C21H16ClFO2. The zero-order valence-electron chi connectivity index (χ0n) is 13.6. The summed E-state index contributed by atoms with van der Waals surface area (Å²) in [5.74, 6) is 0.114. The topological polar surface area (TPSA) is 26.3 Å². The molecule has 0 amide bonds. The van der Waals surface area contributed by atoms with E-state index in [1.54, 1.807) is 24.3 Å². The largest absolute Gasteiger partial charge is 0.486 e. The number of hydrogen-bond donors (Lipinski definition) is 0. The van der Waals surface area contributed by atoms with Crippen LogP contribution in [0, 0.1) is 5.82 Å². The Hall–Kier alpha value is -2.65. The molecule has 2 nitrogen and oxygen atoms in total. The van der Waals surface area contributed by atoms with Gasteiger partial charge in [-0.05, 0) is 61.5 Å². The molecular weight excluding hydrogens is 339 g/mol. The minimum absolute atomic E-state index is 0.161. The second-order valence-electron chi connectivity index (χ2n) is 5.64. The second-order valence-corrected chi connectivity index (χ2v) is 6.05. The molecule has 25 heavy (non-hydrogen) atoms. The quantitative estimate of drug-likeness (QED) is 0.537. The van der Waals surface area contributed by atoms with E-state index in [4.69, 9.17) is 16.3 Å². The maximum Gasteiger partial charge on any atom is 0.193 e. The van der Waals surface area contributed by atoms with Gasteiger partial charge in [0.2, 0.25) is 0 Å². The molecule has 3 aromatic carbocycles. The van der Waals surface area contributed by atoms with Crippen molar-refractivity contribution in [3.8, 4) is 5.75 Å². The zero-order chi connectivity index (χ0) is 17.8. The lowest BCUT2D eigenvalue weighted by Gasteiger charge is -2.16. The number of hydrogen-bond acceptors (Lipinski definition) is 2. The molecule has 0 N–H and O–H groups in total. The van der Waals surface area contributed by atoms with E-state index in [9.17, 15) is 9.18 Å². The molecule has 0 unspecified atom stereocenters. The van der Waals surface area contributed by atoms with Crippen LogP contribution in [0.1, 0.15) is 34.5 Å². The molecule has 0 fully saturated rings. The number of halogens is 2. The van der Waals surface area contributed by atoms with Gasteiger partial charge in [-0.2, -0.15) is 0 Å². The molecule has 4 heteroatoms. The van der Waals surface area contributed by atoms with Gasteiger partial charge in [0.05, 0.1) is 0 Å². The fourth-order valence-corrected chi connectivity index (χ4v) is 2.81. The van der Waals surface area contributed by atoms with Gasteiger partial charge >= 0.3 is 0 Å². The van der Waals surface area contributed by atoms with E-state index in [0.29, 0.717) is 21.9 Å². The Labute approximate surface area is 150 Å². The Balaban J connectivity index is 1.73. The van der Waals surface area contributed by atoms with Crippen molar-refractivity contribution in [3.05, 3.63) is 100 Å². The van der Waals surface area contributed by atoms with E-state index in [1.807, 2.05) is 31.2 Å². The van der Waals surface area contributed by atoms with E-state index < -0.39 is 0 Å². The van der Waals surface area contributed by atoms with E-state index in [-0.39, 0.29) is 17.7 Å². The number of benzene rings is 3. The zero-order valence-corrected chi connectivity index (χ0v) is 14.3. The van der Waals surface area contributed by atoms with Crippen LogP contribution < -0.4 is 4.74 Å². The van der Waals surface area contributed by atoms with Gasteiger partial charge in [0, 0.05) is 21.7 Å². The third kappa shape index (κ3) is 4.06. The van der Waals surface area contributed by atoms with Crippen molar-refractivity contribution in [2.75, 3.05) is 0 Å². The van der Waals surface area contributed by atoms with Crippen molar-refractivity contribution in [3.63, 3.8) is 0 Å². The van der Waals surface area contributed by atoms with E-state index in [1.165, 1.54) is 24.3 Å². The summed E-state index contributed by atoms with van der Waals surface area (Å²) in [5.41, 5.74) is 1.86. The third-order valence-electron chi connectivity index (χ3n) is 3.88. The summed E-state index contributed by atoms with van der Waals surface area (Å²) < 4.78 is 18.9. The highest BCUT2D eigenvalue weighted by atomic mass is 35.5. The molecule has 3 rings (SSSR count). The van der Waals surface area contributed by atoms with E-state index >= 15 is 0 Å². The highest BCUT2D eigenvalue weighted by molar-refractivity contribution is 6.31. The van der Waals surface area contributed by atoms with E-state index in [2.05, 4.69) is 0 Å². The summed E-state index contributed by atoms with van der Waals surface area (Å²) in [7, 11) is 0. The van der Waals surface area contributed by atoms with Crippen LogP contribution >= 0.6 is 11.6 Å². The summed E-state index contributed by atoms with van der Waals surface area (Å²) >= 11 is 6.18. The molecule has 0 aliphatic carbocycles. The summed E-state index contributed by atoms with van der Waals surface area (Å²) in [5, 5.41) is 0.651. The first-order chi connectivity index (χ1) is 12.0. The Bertz CT molecular complexity index is 873.